The highest BCUT2D eigenvalue weighted by molar-refractivity contribution is 7.89. The van der Waals surface area contributed by atoms with Gasteiger partial charge in [-0.3, -0.25) is 4.79 Å². The van der Waals surface area contributed by atoms with Gasteiger partial charge >= 0.3 is 0 Å². The highest BCUT2D eigenvalue weighted by Crippen LogP contribution is 2.33. The van der Waals surface area contributed by atoms with Crippen LogP contribution in [0.2, 0.25) is 0 Å². The quantitative estimate of drug-likeness (QED) is 0.810. The van der Waals surface area contributed by atoms with Crippen molar-refractivity contribution in [2.45, 2.75) is 24.2 Å². The molecular weight excluding hydrogens is 364 g/mol. The number of nitrogens with zero attached hydrogens (tertiary/aromatic N) is 2. The molecule has 1 fully saturated rings. The SMILES string of the molecule is COc1cccc(C(=O)N2CCc3cc(S(=O)(=O)N4CCCC4)ccc32)c1. The number of fused-ring (bicyclic) bond motifs is 1. The largest absolute Gasteiger partial charge is 0.497 e. The van der Waals surface area contributed by atoms with E-state index in [0.717, 1.165) is 24.1 Å². The van der Waals surface area contributed by atoms with Crippen LogP contribution in [-0.2, 0) is 16.4 Å². The average molecular weight is 386 g/mol. The third kappa shape index (κ3) is 3.21. The van der Waals surface area contributed by atoms with Crippen molar-refractivity contribution in [3.8, 4) is 5.75 Å². The predicted octanol–water partition coefficient (Wildman–Crippen LogP) is 2.68. The van der Waals surface area contributed by atoms with Gasteiger partial charge < -0.3 is 9.64 Å². The van der Waals surface area contributed by atoms with Crippen LogP contribution in [0.4, 0.5) is 5.69 Å². The van der Waals surface area contributed by atoms with E-state index in [1.807, 2.05) is 0 Å². The number of sulfonamides is 1. The molecule has 2 aromatic rings. The lowest BCUT2D eigenvalue weighted by Gasteiger charge is -2.19. The zero-order valence-electron chi connectivity index (χ0n) is 15.2. The van der Waals surface area contributed by atoms with Crippen molar-refractivity contribution in [1.82, 2.24) is 4.31 Å². The number of anilines is 1. The Bertz CT molecular complexity index is 981. The molecule has 0 spiro atoms. The maximum atomic E-state index is 12.9. The van der Waals surface area contributed by atoms with Crippen LogP contribution in [0.3, 0.4) is 0 Å². The van der Waals surface area contributed by atoms with Crippen molar-refractivity contribution in [3.63, 3.8) is 0 Å². The van der Waals surface area contributed by atoms with Gasteiger partial charge in [0.05, 0.1) is 12.0 Å². The molecule has 0 radical (unpaired) electrons. The summed E-state index contributed by atoms with van der Waals surface area (Å²) in [5.41, 5.74) is 2.23. The summed E-state index contributed by atoms with van der Waals surface area (Å²) < 4.78 is 32.3. The number of amides is 1. The molecule has 0 aliphatic carbocycles. The summed E-state index contributed by atoms with van der Waals surface area (Å²) in [6.45, 7) is 1.71. The van der Waals surface area contributed by atoms with Gasteiger partial charge in [-0.25, -0.2) is 8.42 Å². The van der Waals surface area contributed by atoms with Crippen LogP contribution < -0.4 is 9.64 Å². The lowest BCUT2D eigenvalue weighted by atomic mass is 10.1. The standard InChI is InChI=1S/C20H22N2O4S/c1-26-17-6-4-5-16(13-17)20(23)22-12-9-15-14-18(7-8-19(15)22)27(24,25)21-10-2-3-11-21/h4-8,13-14H,2-3,9-12H2,1H3. The first kappa shape index (κ1) is 18.0. The fraction of sp³-hybridized carbons (Fsp3) is 0.350. The van der Waals surface area contributed by atoms with Crippen LogP contribution in [0.15, 0.2) is 47.4 Å². The van der Waals surface area contributed by atoms with Crippen LogP contribution in [-0.4, -0.2) is 45.4 Å². The molecule has 2 heterocycles. The Kier molecular flexibility index (Phi) is 4.65. The van der Waals surface area contributed by atoms with Gasteiger partial charge in [-0.2, -0.15) is 4.31 Å². The van der Waals surface area contributed by atoms with Crippen molar-refractivity contribution in [2.75, 3.05) is 31.6 Å². The van der Waals surface area contributed by atoms with Crippen LogP contribution in [0, 0.1) is 0 Å². The molecule has 1 amide bonds. The number of hydrogen-bond donors (Lipinski definition) is 0. The average Bonchev–Trinajstić information content (AvgIpc) is 3.37. The summed E-state index contributed by atoms with van der Waals surface area (Å²) >= 11 is 0. The van der Waals surface area contributed by atoms with Crippen LogP contribution in [0.5, 0.6) is 5.75 Å². The summed E-state index contributed by atoms with van der Waals surface area (Å²) in [5.74, 6) is 0.523. The first-order valence-electron chi connectivity index (χ1n) is 9.10. The van der Waals surface area contributed by atoms with Gasteiger partial charge in [0.1, 0.15) is 5.75 Å². The zero-order chi connectivity index (χ0) is 19.0. The molecular formula is C20H22N2O4S. The maximum absolute atomic E-state index is 12.9. The lowest BCUT2D eigenvalue weighted by Crippen LogP contribution is -2.29. The van der Waals surface area contributed by atoms with Crippen molar-refractivity contribution < 1.29 is 17.9 Å². The molecule has 142 valence electrons. The number of rotatable bonds is 4. The predicted molar refractivity (Wildman–Crippen MR) is 103 cm³/mol. The summed E-state index contributed by atoms with van der Waals surface area (Å²) in [4.78, 5) is 14.9. The summed E-state index contributed by atoms with van der Waals surface area (Å²) in [5, 5.41) is 0. The first-order valence-corrected chi connectivity index (χ1v) is 10.5. The second-order valence-corrected chi connectivity index (χ2v) is 8.78. The fourth-order valence-electron chi connectivity index (χ4n) is 3.74. The Hall–Kier alpha value is -2.38. The highest BCUT2D eigenvalue weighted by Gasteiger charge is 2.31. The van der Waals surface area contributed by atoms with Crippen LogP contribution in [0.25, 0.3) is 0 Å². The number of hydrogen-bond acceptors (Lipinski definition) is 4. The van der Waals surface area contributed by atoms with E-state index < -0.39 is 10.0 Å². The molecule has 6 nitrogen and oxygen atoms in total. The first-order chi connectivity index (χ1) is 13.0. The zero-order valence-corrected chi connectivity index (χ0v) is 16.0. The van der Waals surface area contributed by atoms with Crippen LogP contribution >= 0.6 is 0 Å². The van der Waals surface area contributed by atoms with Gasteiger partial charge in [0.15, 0.2) is 0 Å². The minimum atomic E-state index is -3.45. The Morgan fingerprint density at radius 2 is 1.81 bits per heavy atom. The second-order valence-electron chi connectivity index (χ2n) is 6.84. The number of carbonyl (C=O) groups is 1. The van der Waals surface area contributed by atoms with E-state index >= 15 is 0 Å². The van der Waals surface area contributed by atoms with E-state index in [9.17, 15) is 13.2 Å². The summed E-state index contributed by atoms with van der Waals surface area (Å²) in [7, 11) is -1.88. The van der Waals surface area contributed by atoms with Crippen molar-refractivity contribution in [3.05, 3.63) is 53.6 Å². The molecule has 1 saturated heterocycles. The molecule has 2 aliphatic heterocycles. The Labute approximate surface area is 159 Å². The van der Waals surface area contributed by atoms with E-state index in [1.54, 1.807) is 58.8 Å². The third-order valence-corrected chi connectivity index (χ3v) is 7.11. The van der Waals surface area contributed by atoms with E-state index in [0.29, 0.717) is 42.3 Å². The summed E-state index contributed by atoms with van der Waals surface area (Å²) in [6.07, 6.45) is 2.47. The molecule has 27 heavy (non-hydrogen) atoms. The Morgan fingerprint density at radius 1 is 1.04 bits per heavy atom. The maximum Gasteiger partial charge on any atom is 0.258 e. The fourth-order valence-corrected chi connectivity index (χ4v) is 5.31. The molecule has 2 aliphatic rings. The molecule has 7 heteroatoms. The number of ether oxygens (including phenoxy) is 1. The molecule has 0 N–H and O–H groups in total. The molecule has 0 atom stereocenters. The van der Waals surface area contributed by atoms with Crippen molar-refractivity contribution in [1.29, 1.82) is 0 Å². The van der Waals surface area contributed by atoms with Crippen LogP contribution in [0.1, 0.15) is 28.8 Å². The molecule has 0 unspecified atom stereocenters. The highest BCUT2D eigenvalue weighted by atomic mass is 32.2. The number of carbonyl (C=O) groups excluding carboxylic acids is 1. The lowest BCUT2D eigenvalue weighted by molar-refractivity contribution is 0.0989. The molecule has 0 saturated carbocycles. The van der Waals surface area contributed by atoms with E-state index in [1.165, 1.54) is 0 Å². The van der Waals surface area contributed by atoms with Crippen molar-refractivity contribution >= 4 is 21.6 Å². The monoisotopic (exact) mass is 386 g/mol. The summed E-state index contributed by atoms with van der Waals surface area (Å²) in [6, 6.07) is 12.1. The second kappa shape index (κ2) is 6.98. The number of methoxy groups -OCH3 is 1. The Balaban J connectivity index is 1.62. The Morgan fingerprint density at radius 3 is 2.56 bits per heavy atom. The topological polar surface area (TPSA) is 66.9 Å². The van der Waals surface area contributed by atoms with Gasteiger partial charge in [0.25, 0.3) is 5.91 Å². The normalized spacial score (nSPS) is 17.1. The van der Waals surface area contributed by atoms with Gasteiger partial charge in [0.2, 0.25) is 10.0 Å². The minimum Gasteiger partial charge on any atom is -0.497 e. The molecule has 2 aromatic carbocycles. The molecule has 0 aromatic heterocycles. The van der Waals surface area contributed by atoms with Gasteiger partial charge in [0, 0.05) is 30.9 Å². The van der Waals surface area contributed by atoms with E-state index in [-0.39, 0.29) is 5.91 Å². The van der Waals surface area contributed by atoms with Gasteiger partial charge in [-0.15, -0.1) is 0 Å². The van der Waals surface area contributed by atoms with Gasteiger partial charge in [-0.05, 0) is 61.2 Å². The molecule has 4 rings (SSSR count). The van der Waals surface area contributed by atoms with Gasteiger partial charge in [-0.1, -0.05) is 6.07 Å². The minimum absolute atomic E-state index is 0.109. The third-order valence-electron chi connectivity index (χ3n) is 5.21. The number of benzene rings is 2. The smallest absolute Gasteiger partial charge is 0.258 e. The van der Waals surface area contributed by atoms with Crippen molar-refractivity contribution in [2.24, 2.45) is 0 Å². The van der Waals surface area contributed by atoms with E-state index in [4.69, 9.17) is 4.74 Å². The van der Waals surface area contributed by atoms with E-state index in [2.05, 4.69) is 0 Å². The molecule has 0 bridgehead atoms.